The molecule has 1 aliphatic rings. The molecule has 0 spiro atoms. The number of carbonyl (C=O) groups excluding carboxylic acids is 1. The number of esters is 1. The zero-order valence-electron chi connectivity index (χ0n) is 11.4. The number of hydrogen-bond donors (Lipinski definition) is 0. The van der Waals surface area contributed by atoms with Crippen LogP contribution in [-0.4, -0.2) is 12.6 Å². The van der Waals surface area contributed by atoms with E-state index in [0.717, 1.165) is 12.8 Å². The molecule has 2 heteroatoms. The van der Waals surface area contributed by atoms with E-state index in [9.17, 15) is 4.79 Å². The van der Waals surface area contributed by atoms with Crippen LogP contribution in [-0.2, 0) is 9.53 Å². The van der Waals surface area contributed by atoms with Gasteiger partial charge in [0, 0.05) is 0 Å². The van der Waals surface area contributed by atoms with Crippen molar-refractivity contribution in [3.63, 3.8) is 0 Å². The van der Waals surface area contributed by atoms with Crippen LogP contribution in [0, 0.1) is 5.92 Å². The standard InChI is InChI=1S/C15H28O2/c1-14-12-10-8-6-4-2-3-5-7-9-11-13-17-15(14)16/h14H,2-13H2,1H3. The van der Waals surface area contributed by atoms with Crippen molar-refractivity contribution in [1.29, 1.82) is 0 Å². The van der Waals surface area contributed by atoms with E-state index in [4.69, 9.17) is 4.74 Å². The summed E-state index contributed by atoms with van der Waals surface area (Å²) in [6.07, 6.45) is 13.8. The van der Waals surface area contributed by atoms with E-state index < -0.39 is 0 Å². The largest absolute Gasteiger partial charge is 0.465 e. The number of hydrogen-bond acceptors (Lipinski definition) is 2. The van der Waals surface area contributed by atoms with E-state index in [1.54, 1.807) is 0 Å². The fourth-order valence-corrected chi connectivity index (χ4v) is 2.40. The second kappa shape index (κ2) is 9.49. The monoisotopic (exact) mass is 240 g/mol. The molecule has 1 fully saturated rings. The van der Waals surface area contributed by atoms with E-state index >= 15 is 0 Å². The molecule has 0 saturated carbocycles. The van der Waals surface area contributed by atoms with Crippen LogP contribution in [0.5, 0.6) is 0 Å². The summed E-state index contributed by atoms with van der Waals surface area (Å²) in [6.45, 7) is 2.63. The third-order valence-electron chi connectivity index (χ3n) is 3.68. The zero-order valence-corrected chi connectivity index (χ0v) is 11.4. The topological polar surface area (TPSA) is 26.3 Å². The predicted octanol–water partition coefficient (Wildman–Crippen LogP) is 4.47. The van der Waals surface area contributed by atoms with Gasteiger partial charge in [-0.2, -0.15) is 0 Å². The van der Waals surface area contributed by atoms with Crippen LogP contribution < -0.4 is 0 Å². The molecular weight excluding hydrogens is 212 g/mol. The quantitative estimate of drug-likeness (QED) is 0.584. The van der Waals surface area contributed by atoms with Gasteiger partial charge in [-0.05, 0) is 12.8 Å². The lowest BCUT2D eigenvalue weighted by molar-refractivity contribution is -0.148. The van der Waals surface area contributed by atoms with Crippen LogP contribution >= 0.6 is 0 Å². The molecule has 100 valence electrons. The highest BCUT2D eigenvalue weighted by atomic mass is 16.5. The number of carbonyl (C=O) groups is 1. The molecule has 0 radical (unpaired) electrons. The van der Waals surface area contributed by atoms with Gasteiger partial charge in [-0.1, -0.05) is 64.7 Å². The molecule has 1 saturated heterocycles. The maximum absolute atomic E-state index is 11.6. The Morgan fingerprint density at radius 1 is 0.824 bits per heavy atom. The van der Waals surface area contributed by atoms with Crippen molar-refractivity contribution in [1.82, 2.24) is 0 Å². The Morgan fingerprint density at radius 3 is 1.88 bits per heavy atom. The highest BCUT2D eigenvalue weighted by molar-refractivity contribution is 5.71. The molecule has 0 aromatic carbocycles. The lowest BCUT2D eigenvalue weighted by atomic mass is 10.0. The molecule has 1 heterocycles. The number of ether oxygens (including phenoxy) is 1. The summed E-state index contributed by atoms with van der Waals surface area (Å²) in [5.41, 5.74) is 0. The van der Waals surface area contributed by atoms with Gasteiger partial charge in [0.25, 0.3) is 0 Å². The highest BCUT2D eigenvalue weighted by Gasteiger charge is 2.13. The Labute approximate surface area is 106 Å². The average Bonchev–Trinajstić information content (AvgIpc) is 2.34. The minimum atomic E-state index is 0.0138. The van der Waals surface area contributed by atoms with Crippen molar-refractivity contribution in [2.24, 2.45) is 5.92 Å². The summed E-state index contributed by atoms with van der Waals surface area (Å²) in [7, 11) is 0. The summed E-state index contributed by atoms with van der Waals surface area (Å²) >= 11 is 0. The summed E-state index contributed by atoms with van der Waals surface area (Å²) < 4.78 is 5.29. The molecule has 0 aromatic rings. The highest BCUT2D eigenvalue weighted by Crippen LogP contribution is 2.15. The van der Waals surface area contributed by atoms with Crippen molar-refractivity contribution in [2.75, 3.05) is 6.61 Å². The first-order valence-corrected chi connectivity index (χ1v) is 7.47. The van der Waals surface area contributed by atoms with Crippen LogP contribution in [0.15, 0.2) is 0 Å². The molecule has 0 N–H and O–H groups in total. The molecule has 1 unspecified atom stereocenters. The first-order chi connectivity index (χ1) is 8.30. The maximum atomic E-state index is 11.6. The molecule has 0 aliphatic carbocycles. The van der Waals surface area contributed by atoms with Gasteiger partial charge in [0.1, 0.15) is 0 Å². The third-order valence-corrected chi connectivity index (χ3v) is 3.68. The minimum absolute atomic E-state index is 0.0138. The molecule has 1 rings (SSSR count). The Hall–Kier alpha value is -0.530. The Bertz CT molecular complexity index is 201. The Morgan fingerprint density at radius 2 is 1.29 bits per heavy atom. The minimum Gasteiger partial charge on any atom is -0.465 e. The molecule has 1 aliphatic heterocycles. The zero-order chi connectivity index (χ0) is 12.3. The van der Waals surface area contributed by atoms with E-state index in [1.165, 1.54) is 57.8 Å². The van der Waals surface area contributed by atoms with Gasteiger partial charge in [-0.25, -0.2) is 0 Å². The molecular formula is C15H28O2. The van der Waals surface area contributed by atoms with Crippen molar-refractivity contribution >= 4 is 5.97 Å². The van der Waals surface area contributed by atoms with Crippen LogP contribution in [0.1, 0.15) is 77.6 Å². The van der Waals surface area contributed by atoms with Crippen molar-refractivity contribution in [3.8, 4) is 0 Å². The van der Waals surface area contributed by atoms with Crippen molar-refractivity contribution < 1.29 is 9.53 Å². The molecule has 0 aromatic heterocycles. The van der Waals surface area contributed by atoms with Crippen LogP contribution in [0.2, 0.25) is 0 Å². The Kier molecular flexibility index (Phi) is 8.12. The van der Waals surface area contributed by atoms with E-state index in [-0.39, 0.29) is 11.9 Å². The summed E-state index contributed by atoms with van der Waals surface area (Å²) in [5, 5.41) is 0. The molecule has 0 bridgehead atoms. The SMILES string of the molecule is CC1CCCCCCCCCCCCOC1=O. The van der Waals surface area contributed by atoms with Crippen LogP contribution in [0.3, 0.4) is 0 Å². The van der Waals surface area contributed by atoms with Gasteiger partial charge in [-0.3, -0.25) is 4.79 Å². The van der Waals surface area contributed by atoms with Crippen molar-refractivity contribution in [3.05, 3.63) is 0 Å². The summed E-state index contributed by atoms with van der Waals surface area (Å²) in [5.74, 6) is 0.111. The van der Waals surface area contributed by atoms with E-state index in [1.807, 2.05) is 6.92 Å². The second-order valence-corrected chi connectivity index (χ2v) is 5.39. The summed E-state index contributed by atoms with van der Waals surface area (Å²) in [4.78, 5) is 11.6. The lowest BCUT2D eigenvalue weighted by Gasteiger charge is -2.10. The fourth-order valence-electron chi connectivity index (χ4n) is 2.40. The van der Waals surface area contributed by atoms with E-state index in [0.29, 0.717) is 6.61 Å². The molecule has 0 amide bonds. The second-order valence-electron chi connectivity index (χ2n) is 5.39. The third kappa shape index (κ3) is 7.40. The van der Waals surface area contributed by atoms with E-state index in [2.05, 4.69) is 0 Å². The summed E-state index contributed by atoms with van der Waals surface area (Å²) in [6, 6.07) is 0. The van der Waals surface area contributed by atoms with Crippen LogP contribution in [0.25, 0.3) is 0 Å². The Balaban J connectivity index is 2.24. The fraction of sp³-hybridized carbons (Fsp3) is 0.933. The first-order valence-electron chi connectivity index (χ1n) is 7.47. The van der Waals surface area contributed by atoms with Gasteiger partial charge >= 0.3 is 5.97 Å². The smallest absolute Gasteiger partial charge is 0.308 e. The van der Waals surface area contributed by atoms with Gasteiger partial charge in [-0.15, -0.1) is 0 Å². The average molecular weight is 240 g/mol. The number of cyclic esters (lactones) is 1. The maximum Gasteiger partial charge on any atom is 0.308 e. The van der Waals surface area contributed by atoms with Gasteiger partial charge in [0.2, 0.25) is 0 Å². The van der Waals surface area contributed by atoms with Crippen molar-refractivity contribution in [2.45, 2.75) is 77.6 Å². The number of rotatable bonds is 0. The predicted molar refractivity (Wildman–Crippen MR) is 70.9 cm³/mol. The van der Waals surface area contributed by atoms with Gasteiger partial charge in [0.15, 0.2) is 0 Å². The lowest BCUT2D eigenvalue weighted by Crippen LogP contribution is -2.15. The molecule has 1 atom stereocenters. The van der Waals surface area contributed by atoms with Crippen LogP contribution in [0.4, 0.5) is 0 Å². The van der Waals surface area contributed by atoms with Gasteiger partial charge < -0.3 is 4.74 Å². The normalized spacial score (nSPS) is 26.6. The molecule has 2 nitrogen and oxygen atoms in total. The molecule has 17 heavy (non-hydrogen) atoms. The van der Waals surface area contributed by atoms with Gasteiger partial charge in [0.05, 0.1) is 12.5 Å². The first kappa shape index (κ1) is 14.5.